The smallest absolute Gasteiger partial charge is 0.326 e. The molecule has 6 heteroatoms. The molecule has 0 atom stereocenters. The fourth-order valence-corrected chi connectivity index (χ4v) is 3.48. The van der Waals surface area contributed by atoms with Gasteiger partial charge in [-0.3, -0.25) is 9.36 Å². The molecule has 1 aromatic heterocycles. The predicted molar refractivity (Wildman–Crippen MR) is 104 cm³/mol. The van der Waals surface area contributed by atoms with Gasteiger partial charge < -0.3 is 15.0 Å². The quantitative estimate of drug-likeness (QED) is 0.632. The van der Waals surface area contributed by atoms with Crippen LogP contribution in [0, 0.1) is 0 Å². The number of carbonyl (C=O) groups is 1. The van der Waals surface area contributed by atoms with E-state index in [-0.39, 0.29) is 17.1 Å². The topological polar surface area (TPSA) is 76.1 Å². The molecule has 1 saturated carbocycles. The van der Waals surface area contributed by atoms with Gasteiger partial charge in [-0.15, -0.1) is 0 Å². The first-order valence-electron chi connectivity index (χ1n) is 9.31. The number of aromatic amines is 1. The lowest BCUT2D eigenvalue weighted by Crippen LogP contribution is -2.34. The first-order chi connectivity index (χ1) is 13.1. The molecule has 2 N–H and O–H groups in total. The molecule has 0 radical (unpaired) electrons. The van der Waals surface area contributed by atoms with E-state index >= 15 is 0 Å². The van der Waals surface area contributed by atoms with Gasteiger partial charge in [0.1, 0.15) is 0 Å². The second-order valence-corrected chi connectivity index (χ2v) is 6.91. The Morgan fingerprint density at radius 3 is 2.70 bits per heavy atom. The summed E-state index contributed by atoms with van der Waals surface area (Å²) in [5.41, 5.74) is 2.67. The first-order valence-corrected chi connectivity index (χ1v) is 9.31. The Morgan fingerprint density at radius 1 is 1.22 bits per heavy atom. The SMILES string of the molecule is CCOCCn1c(=O)[nH]c2cc(C(=O)NC3(c4ccccc4)CC3)ccc21. The highest BCUT2D eigenvalue weighted by atomic mass is 16.5. The Balaban J connectivity index is 1.56. The van der Waals surface area contributed by atoms with E-state index < -0.39 is 0 Å². The third-order valence-corrected chi connectivity index (χ3v) is 5.13. The van der Waals surface area contributed by atoms with Crippen molar-refractivity contribution in [3.05, 3.63) is 70.1 Å². The highest BCUT2D eigenvalue weighted by Gasteiger charge is 2.45. The number of benzene rings is 2. The van der Waals surface area contributed by atoms with Crippen molar-refractivity contribution in [1.29, 1.82) is 0 Å². The zero-order valence-electron chi connectivity index (χ0n) is 15.3. The highest BCUT2D eigenvalue weighted by Crippen LogP contribution is 2.45. The van der Waals surface area contributed by atoms with Gasteiger partial charge in [0.15, 0.2) is 0 Å². The van der Waals surface area contributed by atoms with E-state index in [2.05, 4.69) is 10.3 Å². The maximum Gasteiger partial charge on any atom is 0.326 e. The summed E-state index contributed by atoms with van der Waals surface area (Å²) in [6, 6.07) is 15.4. The molecule has 6 nitrogen and oxygen atoms in total. The number of aromatic nitrogens is 2. The van der Waals surface area contributed by atoms with Crippen molar-refractivity contribution in [2.75, 3.05) is 13.2 Å². The van der Waals surface area contributed by atoms with Gasteiger partial charge in [-0.05, 0) is 43.5 Å². The minimum absolute atomic E-state index is 0.124. The Labute approximate surface area is 157 Å². The minimum Gasteiger partial charge on any atom is -0.380 e. The van der Waals surface area contributed by atoms with Gasteiger partial charge in [-0.2, -0.15) is 0 Å². The number of hydrogen-bond donors (Lipinski definition) is 2. The standard InChI is InChI=1S/C21H23N3O3/c1-2-27-13-12-24-18-9-8-15(14-17(18)22-20(24)26)19(25)23-21(10-11-21)16-6-4-3-5-7-16/h3-9,14H,2,10-13H2,1H3,(H,22,26)(H,23,25). The largest absolute Gasteiger partial charge is 0.380 e. The molecule has 0 bridgehead atoms. The predicted octanol–water partition coefficient (Wildman–Crippen LogP) is 2.79. The van der Waals surface area contributed by atoms with E-state index in [0.717, 1.165) is 23.9 Å². The lowest BCUT2D eigenvalue weighted by atomic mass is 10.0. The van der Waals surface area contributed by atoms with E-state index in [0.29, 0.717) is 30.8 Å². The van der Waals surface area contributed by atoms with Gasteiger partial charge in [0.2, 0.25) is 0 Å². The summed E-state index contributed by atoms with van der Waals surface area (Å²) in [7, 11) is 0. The molecule has 2 aromatic carbocycles. The summed E-state index contributed by atoms with van der Waals surface area (Å²) in [6.45, 7) is 3.50. The maximum absolute atomic E-state index is 12.8. The van der Waals surface area contributed by atoms with Gasteiger partial charge in [0.05, 0.1) is 29.7 Å². The molecule has 27 heavy (non-hydrogen) atoms. The number of fused-ring (bicyclic) bond motifs is 1. The summed E-state index contributed by atoms with van der Waals surface area (Å²) in [5, 5.41) is 3.17. The third-order valence-electron chi connectivity index (χ3n) is 5.13. The van der Waals surface area contributed by atoms with E-state index in [4.69, 9.17) is 4.74 Å². The molecule has 0 saturated heterocycles. The molecule has 4 rings (SSSR count). The van der Waals surface area contributed by atoms with Crippen molar-refractivity contribution in [2.24, 2.45) is 0 Å². The summed E-state index contributed by atoms with van der Waals surface area (Å²) in [5.74, 6) is -0.124. The fourth-order valence-electron chi connectivity index (χ4n) is 3.48. The average molecular weight is 365 g/mol. The van der Waals surface area contributed by atoms with Crippen LogP contribution >= 0.6 is 0 Å². The Morgan fingerprint density at radius 2 is 2.00 bits per heavy atom. The second kappa shape index (κ2) is 7.04. The molecule has 0 unspecified atom stereocenters. The fraction of sp³-hybridized carbons (Fsp3) is 0.333. The van der Waals surface area contributed by atoms with Gasteiger partial charge in [-0.25, -0.2) is 4.79 Å². The van der Waals surface area contributed by atoms with Crippen molar-refractivity contribution in [1.82, 2.24) is 14.9 Å². The van der Waals surface area contributed by atoms with E-state index in [9.17, 15) is 9.59 Å². The number of imidazole rings is 1. The molecular formula is C21H23N3O3. The number of nitrogens with one attached hydrogen (secondary N) is 2. The number of hydrogen-bond acceptors (Lipinski definition) is 3. The minimum atomic E-state index is -0.260. The zero-order chi connectivity index (χ0) is 18.9. The summed E-state index contributed by atoms with van der Waals surface area (Å²) in [4.78, 5) is 27.8. The van der Waals surface area contributed by atoms with Crippen LogP contribution in [0.1, 0.15) is 35.7 Å². The maximum atomic E-state index is 12.8. The van der Waals surface area contributed by atoms with Crippen LogP contribution in [-0.4, -0.2) is 28.7 Å². The van der Waals surface area contributed by atoms with Crippen LogP contribution in [0.25, 0.3) is 11.0 Å². The Hall–Kier alpha value is -2.86. The molecular weight excluding hydrogens is 342 g/mol. The summed E-state index contributed by atoms with van der Waals surface area (Å²) >= 11 is 0. The van der Waals surface area contributed by atoms with Gasteiger partial charge in [0.25, 0.3) is 5.91 Å². The molecule has 1 amide bonds. The number of rotatable bonds is 7. The molecule has 140 valence electrons. The van der Waals surface area contributed by atoms with E-state index in [1.54, 1.807) is 16.7 Å². The Bertz CT molecular complexity index is 1020. The second-order valence-electron chi connectivity index (χ2n) is 6.91. The summed E-state index contributed by atoms with van der Waals surface area (Å²) in [6.07, 6.45) is 1.88. The van der Waals surface area contributed by atoms with Crippen LogP contribution in [0.15, 0.2) is 53.3 Å². The number of amides is 1. The van der Waals surface area contributed by atoms with Crippen molar-refractivity contribution in [3.63, 3.8) is 0 Å². The third kappa shape index (κ3) is 3.40. The van der Waals surface area contributed by atoms with Crippen LogP contribution in [-0.2, 0) is 16.8 Å². The molecule has 3 aromatic rings. The normalized spacial score (nSPS) is 15.0. The number of ether oxygens (including phenoxy) is 1. The Kier molecular flexibility index (Phi) is 4.58. The molecule has 1 fully saturated rings. The highest BCUT2D eigenvalue weighted by molar-refractivity contribution is 5.98. The van der Waals surface area contributed by atoms with Crippen LogP contribution in [0.4, 0.5) is 0 Å². The lowest BCUT2D eigenvalue weighted by Gasteiger charge is -2.18. The number of H-pyrrole nitrogens is 1. The number of nitrogens with zero attached hydrogens (tertiary/aromatic N) is 1. The van der Waals surface area contributed by atoms with Gasteiger partial charge in [-0.1, -0.05) is 30.3 Å². The molecule has 0 spiro atoms. The van der Waals surface area contributed by atoms with Crippen LogP contribution < -0.4 is 11.0 Å². The zero-order valence-corrected chi connectivity index (χ0v) is 15.3. The van der Waals surface area contributed by atoms with Crippen molar-refractivity contribution < 1.29 is 9.53 Å². The van der Waals surface area contributed by atoms with Crippen LogP contribution in [0.5, 0.6) is 0 Å². The molecule has 1 heterocycles. The monoisotopic (exact) mass is 365 g/mol. The molecule has 0 aliphatic heterocycles. The number of carbonyl (C=O) groups excluding carboxylic acids is 1. The van der Waals surface area contributed by atoms with Crippen molar-refractivity contribution in [3.8, 4) is 0 Å². The van der Waals surface area contributed by atoms with Crippen LogP contribution in [0.2, 0.25) is 0 Å². The van der Waals surface area contributed by atoms with Crippen molar-refractivity contribution >= 4 is 16.9 Å². The molecule has 1 aliphatic rings. The first kappa shape index (κ1) is 17.5. The van der Waals surface area contributed by atoms with Crippen LogP contribution in [0.3, 0.4) is 0 Å². The lowest BCUT2D eigenvalue weighted by molar-refractivity contribution is 0.0931. The molecule has 1 aliphatic carbocycles. The van der Waals surface area contributed by atoms with Gasteiger partial charge >= 0.3 is 5.69 Å². The van der Waals surface area contributed by atoms with E-state index in [1.807, 2.05) is 43.3 Å². The van der Waals surface area contributed by atoms with E-state index in [1.165, 1.54) is 0 Å². The summed E-state index contributed by atoms with van der Waals surface area (Å²) < 4.78 is 6.98. The van der Waals surface area contributed by atoms with Gasteiger partial charge in [0, 0.05) is 12.2 Å². The average Bonchev–Trinajstić information content (AvgIpc) is 3.40. The van der Waals surface area contributed by atoms with Crippen molar-refractivity contribution in [2.45, 2.75) is 31.8 Å².